The van der Waals surface area contributed by atoms with E-state index in [1.54, 1.807) is 6.08 Å². The van der Waals surface area contributed by atoms with Gasteiger partial charge in [0.05, 0.1) is 0 Å². The Kier molecular flexibility index (Phi) is 5.65. The predicted octanol–water partition coefficient (Wildman–Crippen LogP) is 3.67. The molecule has 1 aliphatic heterocycles. The Labute approximate surface area is 133 Å². The lowest BCUT2D eigenvalue weighted by Gasteiger charge is -2.32. The van der Waals surface area contributed by atoms with Gasteiger partial charge in [0.25, 0.3) is 0 Å². The van der Waals surface area contributed by atoms with Gasteiger partial charge in [-0.25, -0.2) is 9.59 Å². The fraction of sp³-hybridized carbons (Fsp3) is 0.765. The molecule has 5 heteroatoms. The molecule has 1 aliphatic rings. The summed E-state index contributed by atoms with van der Waals surface area (Å²) in [7, 11) is 0. The van der Waals surface area contributed by atoms with Crippen LogP contribution in [0.4, 0.5) is 4.79 Å². The molecule has 0 aromatic heterocycles. The van der Waals surface area contributed by atoms with Crippen LogP contribution in [0.3, 0.4) is 0 Å². The molecule has 126 valence electrons. The van der Waals surface area contributed by atoms with E-state index in [1.807, 2.05) is 41.5 Å². The summed E-state index contributed by atoms with van der Waals surface area (Å²) in [5.74, 6) is -0.370. The van der Waals surface area contributed by atoms with Crippen LogP contribution in [0.5, 0.6) is 0 Å². The third-order valence-electron chi connectivity index (χ3n) is 3.22. The van der Waals surface area contributed by atoms with E-state index >= 15 is 0 Å². The first kappa shape index (κ1) is 18.5. The first-order valence-electron chi connectivity index (χ1n) is 7.79. The van der Waals surface area contributed by atoms with E-state index in [9.17, 15) is 9.59 Å². The molecule has 0 aromatic rings. The van der Waals surface area contributed by atoms with E-state index in [-0.39, 0.29) is 12.0 Å². The van der Waals surface area contributed by atoms with Gasteiger partial charge < -0.3 is 9.47 Å². The highest BCUT2D eigenvalue weighted by Crippen LogP contribution is 2.30. The van der Waals surface area contributed by atoms with Gasteiger partial charge in [0.2, 0.25) is 0 Å². The van der Waals surface area contributed by atoms with Crippen LogP contribution in [0.15, 0.2) is 12.7 Å². The SMILES string of the molecule is C=CCC1CCC(C(=O)OC(C)(C)C)N1C(=O)OC(C)(C)C. The average Bonchev–Trinajstić information content (AvgIpc) is 2.68. The van der Waals surface area contributed by atoms with Crippen LogP contribution in [0.2, 0.25) is 0 Å². The molecule has 2 atom stereocenters. The summed E-state index contributed by atoms with van der Waals surface area (Å²) in [6.45, 7) is 14.6. The second-order valence-corrected chi connectivity index (χ2v) is 7.69. The lowest BCUT2D eigenvalue weighted by molar-refractivity contribution is -0.160. The van der Waals surface area contributed by atoms with Gasteiger partial charge in [-0.3, -0.25) is 4.90 Å². The van der Waals surface area contributed by atoms with E-state index in [4.69, 9.17) is 9.47 Å². The normalized spacial score (nSPS) is 22.4. The molecule has 0 radical (unpaired) electrons. The molecule has 0 spiro atoms. The summed E-state index contributed by atoms with van der Waals surface area (Å²) in [5, 5.41) is 0. The van der Waals surface area contributed by atoms with Gasteiger partial charge in [-0.2, -0.15) is 0 Å². The number of nitrogens with zero attached hydrogens (tertiary/aromatic N) is 1. The maximum absolute atomic E-state index is 12.5. The largest absolute Gasteiger partial charge is 0.458 e. The minimum absolute atomic E-state index is 0.0649. The van der Waals surface area contributed by atoms with Crippen molar-refractivity contribution in [3.05, 3.63) is 12.7 Å². The van der Waals surface area contributed by atoms with Crippen molar-refractivity contribution >= 4 is 12.1 Å². The molecule has 0 N–H and O–H groups in total. The molecule has 1 heterocycles. The number of carbonyl (C=O) groups excluding carboxylic acids is 2. The van der Waals surface area contributed by atoms with Crippen LogP contribution < -0.4 is 0 Å². The fourth-order valence-corrected chi connectivity index (χ4v) is 2.50. The van der Waals surface area contributed by atoms with Crippen molar-refractivity contribution < 1.29 is 19.1 Å². The molecule has 1 amide bonds. The third kappa shape index (κ3) is 5.35. The van der Waals surface area contributed by atoms with Crippen molar-refractivity contribution in [1.29, 1.82) is 0 Å². The molecular weight excluding hydrogens is 282 g/mol. The monoisotopic (exact) mass is 311 g/mol. The lowest BCUT2D eigenvalue weighted by Crippen LogP contribution is -2.48. The minimum atomic E-state index is -0.600. The zero-order valence-corrected chi connectivity index (χ0v) is 14.6. The van der Waals surface area contributed by atoms with Crippen molar-refractivity contribution in [2.45, 2.75) is 84.1 Å². The zero-order valence-electron chi connectivity index (χ0n) is 14.6. The van der Waals surface area contributed by atoms with Crippen molar-refractivity contribution in [3.8, 4) is 0 Å². The molecule has 0 bridgehead atoms. The van der Waals surface area contributed by atoms with Gasteiger partial charge in [-0.15, -0.1) is 6.58 Å². The molecule has 22 heavy (non-hydrogen) atoms. The van der Waals surface area contributed by atoms with Gasteiger partial charge in [-0.05, 0) is 60.8 Å². The number of likely N-dealkylation sites (tertiary alicyclic amines) is 1. The highest BCUT2D eigenvalue weighted by molar-refractivity contribution is 5.82. The highest BCUT2D eigenvalue weighted by atomic mass is 16.6. The minimum Gasteiger partial charge on any atom is -0.458 e. The number of ether oxygens (including phenoxy) is 2. The number of esters is 1. The van der Waals surface area contributed by atoms with E-state index in [0.29, 0.717) is 12.8 Å². The van der Waals surface area contributed by atoms with Gasteiger partial charge in [0, 0.05) is 6.04 Å². The van der Waals surface area contributed by atoms with E-state index in [0.717, 1.165) is 6.42 Å². The van der Waals surface area contributed by atoms with Crippen LogP contribution in [-0.4, -0.2) is 40.2 Å². The maximum atomic E-state index is 12.5. The molecule has 0 aromatic carbocycles. The number of amides is 1. The van der Waals surface area contributed by atoms with E-state index in [2.05, 4.69) is 6.58 Å². The highest BCUT2D eigenvalue weighted by Gasteiger charge is 2.43. The quantitative estimate of drug-likeness (QED) is 0.589. The number of rotatable bonds is 3. The Bertz CT molecular complexity index is 431. The number of hydrogen-bond acceptors (Lipinski definition) is 4. The first-order valence-corrected chi connectivity index (χ1v) is 7.79. The average molecular weight is 311 g/mol. The summed E-state index contributed by atoms with van der Waals surface area (Å²) in [6, 6.07) is -0.649. The van der Waals surface area contributed by atoms with Gasteiger partial charge in [0.15, 0.2) is 0 Å². The van der Waals surface area contributed by atoms with Gasteiger partial charge >= 0.3 is 12.1 Å². The standard InChI is InChI=1S/C17H29NO4/c1-8-9-12-10-11-13(14(19)21-16(2,3)4)18(12)15(20)22-17(5,6)7/h8,12-13H,1,9-11H2,2-7H3. The summed E-state index contributed by atoms with van der Waals surface area (Å²) in [4.78, 5) is 26.4. The molecular formula is C17H29NO4. The molecule has 1 saturated heterocycles. The molecule has 5 nitrogen and oxygen atoms in total. The molecule has 0 saturated carbocycles. The number of hydrogen-bond donors (Lipinski definition) is 0. The molecule has 1 fully saturated rings. The number of carbonyl (C=O) groups is 2. The van der Waals surface area contributed by atoms with E-state index < -0.39 is 23.3 Å². The van der Waals surface area contributed by atoms with Crippen LogP contribution in [0.25, 0.3) is 0 Å². The smallest absolute Gasteiger partial charge is 0.411 e. The fourth-order valence-electron chi connectivity index (χ4n) is 2.50. The van der Waals surface area contributed by atoms with Crippen LogP contribution >= 0.6 is 0 Å². The van der Waals surface area contributed by atoms with Crippen molar-refractivity contribution in [3.63, 3.8) is 0 Å². The zero-order chi connectivity index (χ0) is 17.1. The van der Waals surface area contributed by atoms with Crippen LogP contribution in [0, 0.1) is 0 Å². The third-order valence-corrected chi connectivity index (χ3v) is 3.22. The molecule has 0 aliphatic carbocycles. The van der Waals surface area contributed by atoms with Crippen LogP contribution in [-0.2, 0) is 14.3 Å². The Morgan fingerprint density at radius 3 is 2.09 bits per heavy atom. The Hall–Kier alpha value is -1.52. The van der Waals surface area contributed by atoms with E-state index in [1.165, 1.54) is 4.90 Å². The summed E-state index contributed by atoms with van der Waals surface area (Å²) in [6.07, 6.45) is 3.27. The first-order chi connectivity index (χ1) is 9.94. The molecule has 2 unspecified atom stereocenters. The van der Waals surface area contributed by atoms with Crippen LogP contribution in [0.1, 0.15) is 60.8 Å². The lowest BCUT2D eigenvalue weighted by atomic mass is 10.1. The topological polar surface area (TPSA) is 55.8 Å². The Balaban J connectivity index is 2.93. The molecule has 1 rings (SSSR count). The van der Waals surface area contributed by atoms with Gasteiger partial charge in [0.1, 0.15) is 17.2 Å². The summed E-state index contributed by atoms with van der Waals surface area (Å²) >= 11 is 0. The Morgan fingerprint density at radius 1 is 1.09 bits per heavy atom. The van der Waals surface area contributed by atoms with Gasteiger partial charge in [-0.1, -0.05) is 6.08 Å². The maximum Gasteiger partial charge on any atom is 0.411 e. The summed E-state index contributed by atoms with van der Waals surface area (Å²) in [5.41, 5.74) is -1.18. The van der Waals surface area contributed by atoms with Crippen molar-refractivity contribution in [2.75, 3.05) is 0 Å². The van der Waals surface area contributed by atoms with Crippen molar-refractivity contribution in [1.82, 2.24) is 4.90 Å². The summed E-state index contributed by atoms with van der Waals surface area (Å²) < 4.78 is 10.9. The van der Waals surface area contributed by atoms with Crippen molar-refractivity contribution in [2.24, 2.45) is 0 Å². The predicted molar refractivity (Wildman–Crippen MR) is 85.5 cm³/mol. The Morgan fingerprint density at radius 2 is 1.64 bits per heavy atom. The second-order valence-electron chi connectivity index (χ2n) is 7.69. The second kappa shape index (κ2) is 6.71.